The highest BCUT2D eigenvalue weighted by Crippen LogP contribution is 2.39. The Balaban J connectivity index is 2.09. The molecule has 1 aromatic heterocycles. The van der Waals surface area contributed by atoms with Crippen molar-refractivity contribution in [3.63, 3.8) is 0 Å². The molecule has 0 saturated carbocycles. The van der Waals surface area contributed by atoms with E-state index in [0.29, 0.717) is 6.42 Å². The predicted molar refractivity (Wildman–Crippen MR) is 80.8 cm³/mol. The Morgan fingerprint density at radius 3 is 2.90 bits per heavy atom. The van der Waals surface area contributed by atoms with E-state index in [1.807, 2.05) is 13.8 Å². The van der Waals surface area contributed by atoms with Crippen LogP contribution < -0.4 is 5.32 Å². The van der Waals surface area contributed by atoms with Gasteiger partial charge in [0, 0.05) is 23.9 Å². The second-order valence-corrected chi connectivity index (χ2v) is 5.91. The number of hydrogen-bond acceptors (Lipinski definition) is 3. The third kappa shape index (κ3) is 2.38. The van der Waals surface area contributed by atoms with Crippen LogP contribution in [-0.4, -0.2) is 20.8 Å². The Kier molecular flexibility index (Phi) is 3.37. The molecule has 5 nitrogen and oxygen atoms in total. The minimum absolute atomic E-state index is 0.0405. The van der Waals surface area contributed by atoms with E-state index in [0.717, 1.165) is 16.9 Å². The molecular formula is C15H16ClN3O2. The number of carbonyl (C=O) groups excluding carboxylic acids is 1. The number of benzene rings is 1. The number of nitrogens with one attached hydrogen (secondary N) is 1. The maximum Gasteiger partial charge on any atom is 0.226 e. The van der Waals surface area contributed by atoms with Crippen molar-refractivity contribution in [2.45, 2.75) is 32.2 Å². The number of anilines is 1. The number of phenolic OH excluding ortho intramolecular Hbond substituents is 1. The molecule has 1 aromatic carbocycles. The Labute approximate surface area is 127 Å². The quantitative estimate of drug-likeness (QED) is 0.894. The summed E-state index contributed by atoms with van der Waals surface area (Å²) >= 11 is 5.98. The molecule has 0 radical (unpaired) electrons. The van der Waals surface area contributed by atoms with Gasteiger partial charge in [-0.25, -0.2) is 4.68 Å². The molecule has 0 aliphatic carbocycles. The number of fused-ring (bicyclic) bond motifs is 1. The first-order valence-electron chi connectivity index (χ1n) is 6.83. The molecule has 21 heavy (non-hydrogen) atoms. The Morgan fingerprint density at radius 1 is 1.48 bits per heavy atom. The fraction of sp³-hybridized carbons (Fsp3) is 0.333. The zero-order chi connectivity index (χ0) is 15.1. The van der Waals surface area contributed by atoms with Crippen molar-refractivity contribution < 1.29 is 9.90 Å². The van der Waals surface area contributed by atoms with Crippen LogP contribution in [0.5, 0.6) is 5.75 Å². The van der Waals surface area contributed by atoms with Crippen LogP contribution in [0.2, 0.25) is 5.02 Å². The van der Waals surface area contributed by atoms with E-state index in [2.05, 4.69) is 10.4 Å². The molecule has 1 aliphatic rings. The lowest BCUT2D eigenvalue weighted by atomic mass is 9.87. The maximum atomic E-state index is 12.0. The van der Waals surface area contributed by atoms with Crippen molar-refractivity contribution in [1.82, 2.24) is 9.78 Å². The number of nitrogens with zero attached hydrogens (tertiary/aromatic N) is 2. The summed E-state index contributed by atoms with van der Waals surface area (Å²) in [5.74, 6) is 0.646. The largest absolute Gasteiger partial charge is 0.506 e. The second-order valence-electron chi connectivity index (χ2n) is 5.50. The lowest BCUT2D eigenvalue weighted by Crippen LogP contribution is -2.25. The number of aromatic hydroxyl groups is 1. The first kappa shape index (κ1) is 13.9. The van der Waals surface area contributed by atoms with E-state index in [9.17, 15) is 9.90 Å². The van der Waals surface area contributed by atoms with Gasteiger partial charge in [-0.1, -0.05) is 17.7 Å². The van der Waals surface area contributed by atoms with Crippen LogP contribution in [0.4, 0.5) is 5.82 Å². The molecule has 1 amide bonds. The van der Waals surface area contributed by atoms with Crippen molar-refractivity contribution in [2.75, 3.05) is 5.32 Å². The predicted octanol–water partition coefficient (Wildman–Crippen LogP) is 3.30. The molecular weight excluding hydrogens is 290 g/mol. The van der Waals surface area contributed by atoms with E-state index >= 15 is 0 Å². The fourth-order valence-corrected chi connectivity index (χ4v) is 2.86. The van der Waals surface area contributed by atoms with Crippen molar-refractivity contribution in [3.8, 4) is 5.75 Å². The summed E-state index contributed by atoms with van der Waals surface area (Å²) < 4.78 is 1.81. The van der Waals surface area contributed by atoms with E-state index in [1.165, 1.54) is 0 Å². The van der Waals surface area contributed by atoms with Crippen LogP contribution in [0.15, 0.2) is 24.4 Å². The van der Waals surface area contributed by atoms with Gasteiger partial charge in [0.2, 0.25) is 5.91 Å². The number of halogens is 1. The monoisotopic (exact) mass is 305 g/mol. The van der Waals surface area contributed by atoms with E-state index in [4.69, 9.17) is 11.6 Å². The molecule has 0 bridgehead atoms. The zero-order valence-electron chi connectivity index (χ0n) is 11.8. The molecule has 0 unspecified atom stereocenters. The van der Waals surface area contributed by atoms with Crippen LogP contribution >= 0.6 is 11.6 Å². The van der Waals surface area contributed by atoms with Gasteiger partial charge in [0.25, 0.3) is 0 Å². The topological polar surface area (TPSA) is 67.2 Å². The van der Waals surface area contributed by atoms with E-state index < -0.39 is 0 Å². The van der Waals surface area contributed by atoms with Crippen LogP contribution in [0, 0.1) is 0 Å². The number of amides is 1. The Bertz CT molecular complexity index is 709. The van der Waals surface area contributed by atoms with Gasteiger partial charge in [-0.05, 0) is 31.5 Å². The van der Waals surface area contributed by atoms with E-state index in [-0.39, 0.29) is 28.6 Å². The SMILES string of the molecule is CC(C)n1ncc2c1NC(=O)C[C@@H]2c1ccc(O)c(Cl)c1. The first-order chi connectivity index (χ1) is 9.97. The average molecular weight is 306 g/mol. The molecule has 110 valence electrons. The molecule has 1 aliphatic heterocycles. The Hall–Kier alpha value is -2.01. The van der Waals surface area contributed by atoms with Crippen molar-refractivity contribution in [3.05, 3.63) is 40.5 Å². The number of phenols is 1. The standard InChI is InChI=1S/C15H16ClN3O2/c1-8(2)19-15-11(7-17-19)10(6-14(21)18-15)9-3-4-13(20)12(16)5-9/h3-5,7-8,10,20H,6H2,1-2H3,(H,18,21)/t10-/m1/s1. The normalized spacial score (nSPS) is 17.7. The summed E-state index contributed by atoms with van der Waals surface area (Å²) in [6.07, 6.45) is 2.14. The van der Waals surface area contributed by atoms with Gasteiger partial charge in [-0.3, -0.25) is 4.79 Å². The van der Waals surface area contributed by atoms with Gasteiger partial charge in [-0.15, -0.1) is 0 Å². The first-order valence-corrected chi connectivity index (χ1v) is 7.21. The van der Waals surface area contributed by atoms with E-state index in [1.54, 1.807) is 29.1 Å². The summed E-state index contributed by atoms with van der Waals surface area (Å²) in [5, 5.41) is 17.1. The molecule has 2 aromatic rings. The maximum absolute atomic E-state index is 12.0. The second kappa shape index (κ2) is 5.07. The Morgan fingerprint density at radius 2 is 2.24 bits per heavy atom. The highest BCUT2D eigenvalue weighted by Gasteiger charge is 2.30. The molecule has 0 saturated heterocycles. The smallest absolute Gasteiger partial charge is 0.226 e. The van der Waals surface area contributed by atoms with Crippen molar-refractivity contribution in [2.24, 2.45) is 0 Å². The van der Waals surface area contributed by atoms with Crippen LogP contribution in [0.25, 0.3) is 0 Å². The number of aromatic nitrogens is 2. The minimum atomic E-state index is -0.0978. The third-order valence-corrected chi connectivity index (χ3v) is 4.01. The highest BCUT2D eigenvalue weighted by atomic mass is 35.5. The van der Waals surface area contributed by atoms with Crippen LogP contribution in [-0.2, 0) is 4.79 Å². The molecule has 6 heteroatoms. The summed E-state index contributed by atoms with van der Waals surface area (Å²) in [6.45, 7) is 4.03. The molecule has 1 atom stereocenters. The molecule has 2 heterocycles. The van der Waals surface area contributed by atoms with Gasteiger partial charge in [-0.2, -0.15) is 5.10 Å². The van der Waals surface area contributed by atoms with Crippen LogP contribution in [0.3, 0.4) is 0 Å². The summed E-state index contributed by atoms with van der Waals surface area (Å²) in [6, 6.07) is 5.21. The summed E-state index contributed by atoms with van der Waals surface area (Å²) in [5.41, 5.74) is 1.88. The highest BCUT2D eigenvalue weighted by molar-refractivity contribution is 6.32. The van der Waals surface area contributed by atoms with Crippen molar-refractivity contribution >= 4 is 23.3 Å². The van der Waals surface area contributed by atoms with Gasteiger partial charge in [0.05, 0.1) is 11.2 Å². The average Bonchev–Trinajstić information content (AvgIpc) is 2.84. The summed E-state index contributed by atoms with van der Waals surface area (Å²) in [7, 11) is 0. The lowest BCUT2D eigenvalue weighted by Gasteiger charge is -2.24. The lowest BCUT2D eigenvalue weighted by molar-refractivity contribution is -0.116. The molecule has 0 fully saturated rings. The van der Waals surface area contributed by atoms with Gasteiger partial charge in [0.15, 0.2) is 0 Å². The molecule has 0 spiro atoms. The summed E-state index contributed by atoms with van der Waals surface area (Å²) in [4.78, 5) is 12.0. The zero-order valence-corrected chi connectivity index (χ0v) is 12.6. The molecule has 3 rings (SSSR count). The third-order valence-electron chi connectivity index (χ3n) is 3.71. The number of hydrogen-bond donors (Lipinski definition) is 2. The minimum Gasteiger partial charge on any atom is -0.506 e. The van der Waals surface area contributed by atoms with Crippen LogP contribution in [0.1, 0.15) is 43.4 Å². The molecule has 2 N–H and O–H groups in total. The van der Waals surface area contributed by atoms with Gasteiger partial charge >= 0.3 is 0 Å². The number of carbonyl (C=O) groups is 1. The number of rotatable bonds is 2. The van der Waals surface area contributed by atoms with Gasteiger partial charge < -0.3 is 10.4 Å². The van der Waals surface area contributed by atoms with Gasteiger partial charge in [0.1, 0.15) is 11.6 Å². The van der Waals surface area contributed by atoms with Crippen molar-refractivity contribution in [1.29, 1.82) is 0 Å². The fourth-order valence-electron chi connectivity index (χ4n) is 2.67.